The quantitative estimate of drug-likeness (QED) is 0.200. The summed E-state index contributed by atoms with van der Waals surface area (Å²) in [5.41, 5.74) is 4.87. The number of aromatic carboxylic acids is 1. The summed E-state index contributed by atoms with van der Waals surface area (Å²) in [7, 11) is 1.62. The molecule has 0 saturated carbocycles. The van der Waals surface area contributed by atoms with Gasteiger partial charge >= 0.3 is 5.97 Å². The minimum Gasteiger partial charge on any atom is -0.497 e. The highest BCUT2D eigenvalue weighted by atomic mass is 16.5. The van der Waals surface area contributed by atoms with Crippen LogP contribution in [0.25, 0.3) is 22.2 Å². The molecule has 1 aliphatic rings. The fraction of sp³-hybridized carbons (Fsp3) is 0.156. The zero-order valence-electron chi connectivity index (χ0n) is 23.0. The Labute approximate surface area is 241 Å². The minimum atomic E-state index is -1.02. The second-order valence-electron chi connectivity index (χ2n) is 9.44. The van der Waals surface area contributed by atoms with Gasteiger partial charge in [0.2, 0.25) is 0 Å². The van der Waals surface area contributed by atoms with Crippen LogP contribution < -0.4 is 14.2 Å². The predicted octanol–water partition coefficient (Wildman–Crippen LogP) is 6.82. The van der Waals surface area contributed by atoms with E-state index in [1.165, 1.54) is 0 Å². The molecule has 42 heavy (non-hydrogen) atoms. The number of hydrogen-bond donors (Lipinski definition) is 1. The summed E-state index contributed by atoms with van der Waals surface area (Å²) in [4.78, 5) is 21.0. The van der Waals surface area contributed by atoms with E-state index < -0.39 is 5.97 Å². The van der Waals surface area contributed by atoms with Crippen LogP contribution >= 0.6 is 0 Å². The van der Waals surface area contributed by atoms with Crippen LogP contribution in [0.1, 0.15) is 28.4 Å². The molecule has 1 aromatic heterocycles. The van der Waals surface area contributed by atoms with Crippen molar-refractivity contribution in [2.45, 2.75) is 13.5 Å². The maximum absolute atomic E-state index is 12.0. The van der Waals surface area contributed by atoms with E-state index in [-0.39, 0.29) is 5.56 Å². The van der Waals surface area contributed by atoms with Crippen LogP contribution in [-0.4, -0.2) is 46.8 Å². The van der Waals surface area contributed by atoms with Crippen molar-refractivity contribution in [3.63, 3.8) is 0 Å². The number of fused-ring (bicyclic) bond motifs is 1. The molecule has 5 aromatic rings. The average molecular weight is 562 g/mol. The van der Waals surface area contributed by atoms with E-state index in [0.717, 1.165) is 22.3 Å². The third-order valence-electron chi connectivity index (χ3n) is 6.80. The van der Waals surface area contributed by atoms with Crippen molar-refractivity contribution in [2.75, 3.05) is 20.4 Å². The van der Waals surface area contributed by atoms with Crippen LogP contribution in [0.5, 0.6) is 23.3 Å². The van der Waals surface area contributed by atoms with Crippen molar-refractivity contribution in [3.8, 4) is 34.4 Å². The number of carboxylic acids is 1. The van der Waals surface area contributed by atoms with E-state index in [1.54, 1.807) is 29.9 Å². The van der Waals surface area contributed by atoms with Crippen molar-refractivity contribution in [1.29, 1.82) is 0 Å². The molecule has 4 aromatic carbocycles. The van der Waals surface area contributed by atoms with Crippen molar-refractivity contribution in [3.05, 3.63) is 102 Å². The summed E-state index contributed by atoms with van der Waals surface area (Å²) < 4.78 is 19.1. The number of benzene rings is 4. The minimum absolute atomic E-state index is 0.173. The van der Waals surface area contributed by atoms with Gasteiger partial charge in [0.15, 0.2) is 12.5 Å². The Morgan fingerprint density at radius 3 is 2.45 bits per heavy atom. The highest BCUT2D eigenvalue weighted by molar-refractivity contribution is 6.05. The Hall–Kier alpha value is -5.51. The SMILES string of the molecule is CCOc1nc2cccc(C(=O)O)c2n1Cc1ccc(-c2cc(Oc3cccc(OC)c3)ccc2C2=NCN=N2)cc1. The van der Waals surface area contributed by atoms with Gasteiger partial charge in [-0.3, -0.25) is 4.57 Å². The third kappa shape index (κ3) is 5.29. The number of azo groups is 1. The molecule has 0 saturated heterocycles. The number of nitrogens with zero attached hydrogens (tertiary/aromatic N) is 5. The van der Waals surface area contributed by atoms with E-state index in [0.29, 0.717) is 59.9 Å². The zero-order chi connectivity index (χ0) is 29.1. The number of ether oxygens (including phenoxy) is 3. The van der Waals surface area contributed by atoms with E-state index in [2.05, 4.69) is 20.2 Å². The molecule has 1 N–H and O–H groups in total. The smallest absolute Gasteiger partial charge is 0.337 e. The maximum atomic E-state index is 12.0. The van der Waals surface area contributed by atoms with Gasteiger partial charge in [-0.25, -0.2) is 9.79 Å². The van der Waals surface area contributed by atoms with Crippen molar-refractivity contribution < 1.29 is 24.1 Å². The van der Waals surface area contributed by atoms with Crippen LogP contribution in [0.2, 0.25) is 0 Å². The van der Waals surface area contributed by atoms with Crippen LogP contribution in [0.3, 0.4) is 0 Å². The lowest BCUT2D eigenvalue weighted by atomic mass is 9.97. The second kappa shape index (κ2) is 11.5. The molecule has 0 aliphatic carbocycles. The molecule has 0 fully saturated rings. The number of aromatic nitrogens is 2. The van der Waals surface area contributed by atoms with Gasteiger partial charge in [-0.1, -0.05) is 36.4 Å². The fourth-order valence-corrected chi connectivity index (χ4v) is 4.88. The Kier molecular flexibility index (Phi) is 7.33. The first-order valence-electron chi connectivity index (χ1n) is 13.4. The van der Waals surface area contributed by atoms with Gasteiger partial charge in [0.1, 0.15) is 17.2 Å². The number of imidazole rings is 1. The molecule has 1 aliphatic heterocycles. The Bertz CT molecular complexity index is 1840. The second-order valence-corrected chi connectivity index (χ2v) is 9.44. The fourth-order valence-electron chi connectivity index (χ4n) is 4.88. The molecule has 0 bridgehead atoms. The summed E-state index contributed by atoms with van der Waals surface area (Å²) in [6.07, 6.45) is 0. The van der Waals surface area contributed by atoms with E-state index in [1.807, 2.05) is 73.7 Å². The first-order chi connectivity index (χ1) is 20.5. The number of rotatable bonds is 10. The van der Waals surface area contributed by atoms with Crippen LogP contribution in [0, 0.1) is 0 Å². The Morgan fingerprint density at radius 1 is 0.929 bits per heavy atom. The summed E-state index contributed by atoms with van der Waals surface area (Å²) in [6, 6.07) is 26.6. The molecule has 0 atom stereocenters. The normalized spacial score (nSPS) is 12.4. The molecule has 10 heteroatoms. The van der Waals surface area contributed by atoms with Crippen molar-refractivity contribution in [2.24, 2.45) is 15.2 Å². The summed E-state index contributed by atoms with van der Waals surface area (Å²) in [6.45, 7) is 2.95. The third-order valence-corrected chi connectivity index (χ3v) is 6.80. The molecule has 0 radical (unpaired) electrons. The summed E-state index contributed by atoms with van der Waals surface area (Å²) >= 11 is 0. The predicted molar refractivity (Wildman–Crippen MR) is 158 cm³/mol. The molecule has 6 rings (SSSR count). The van der Waals surface area contributed by atoms with Crippen LogP contribution in [0.4, 0.5) is 0 Å². The Balaban J connectivity index is 1.36. The van der Waals surface area contributed by atoms with Gasteiger partial charge in [-0.15, -0.1) is 5.11 Å². The van der Waals surface area contributed by atoms with E-state index in [4.69, 9.17) is 14.2 Å². The number of carbonyl (C=O) groups is 1. The first-order valence-corrected chi connectivity index (χ1v) is 13.4. The molecule has 0 amide bonds. The number of aliphatic imine (C=N–C) groups is 1. The lowest BCUT2D eigenvalue weighted by Crippen LogP contribution is -2.08. The highest BCUT2D eigenvalue weighted by Crippen LogP contribution is 2.34. The van der Waals surface area contributed by atoms with E-state index >= 15 is 0 Å². The number of para-hydroxylation sites is 1. The van der Waals surface area contributed by atoms with Gasteiger partial charge in [-0.05, 0) is 66.1 Å². The molecular weight excluding hydrogens is 534 g/mol. The number of methoxy groups -OCH3 is 1. The molecular formula is C32H27N5O5. The van der Waals surface area contributed by atoms with Crippen molar-refractivity contribution in [1.82, 2.24) is 9.55 Å². The first kappa shape index (κ1) is 26.7. The van der Waals surface area contributed by atoms with Gasteiger partial charge in [0.05, 0.1) is 36.9 Å². The monoisotopic (exact) mass is 561 g/mol. The summed E-state index contributed by atoms with van der Waals surface area (Å²) in [5, 5.41) is 18.1. The molecule has 0 unspecified atom stereocenters. The van der Waals surface area contributed by atoms with Gasteiger partial charge in [-0.2, -0.15) is 10.1 Å². The summed E-state index contributed by atoms with van der Waals surface area (Å²) in [5.74, 6) is 1.55. The molecule has 10 nitrogen and oxygen atoms in total. The average Bonchev–Trinajstić information content (AvgIpc) is 3.66. The number of amidine groups is 1. The Morgan fingerprint density at radius 2 is 1.71 bits per heavy atom. The zero-order valence-corrected chi connectivity index (χ0v) is 23.0. The van der Waals surface area contributed by atoms with Gasteiger partial charge in [0.25, 0.3) is 6.01 Å². The maximum Gasteiger partial charge on any atom is 0.337 e. The highest BCUT2D eigenvalue weighted by Gasteiger charge is 2.20. The standard InChI is InChI=1S/C32H27N5O5/c1-3-41-32-35-28-9-5-8-26(31(38)39)29(28)37(32)18-20-10-12-21(13-11-20)27-17-24(14-15-25(27)30-33-19-34-36-30)42-23-7-4-6-22(16-23)40-2/h4-17H,3,18-19H2,1-2H3,(H,38,39). The topological polar surface area (TPSA) is 120 Å². The lowest BCUT2D eigenvalue weighted by molar-refractivity contribution is 0.0698. The van der Waals surface area contributed by atoms with Gasteiger partial charge < -0.3 is 19.3 Å². The number of carboxylic acid groups (broad SMARTS) is 1. The van der Waals surface area contributed by atoms with Crippen LogP contribution in [0.15, 0.2) is 100 Å². The van der Waals surface area contributed by atoms with Gasteiger partial charge in [0, 0.05) is 11.6 Å². The lowest BCUT2D eigenvalue weighted by Gasteiger charge is -2.14. The molecule has 2 heterocycles. The number of hydrogen-bond acceptors (Lipinski definition) is 8. The van der Waals surface area contributed by atoms with E-state index in [9.17, 15) is 9.90 Å². The largest absolute Gasteiger partial charge is 0.497 e. The molecule has 210 valence electrons. The van der Waals surface area contributed by atoms with Crippen molar-refractivity contribution >= 4 is 22.8 Å². The molecule has 0 spiro atoms. The van der Waals surface area contributed by atoms with Crippen LogP contribution in [-0.2, 0) is 6.54 Å².